The number of aromatic nitrogens is 2. The monoisotopic (exact) mass is 275 g/mol. The molecule has 0 bridgehead atoms. The van der Waals surface area contributed by atoms with E-state index in [-0.39, 0.29) is 0 Å². The third kappa shape index (κ3) is 2.25. The number of carboxylic acid groups (broad SMARTS) is 1. The Balaban J connectivity index is 1.80. The lowest BCUT2D eigenvalue weighted by Crippen LogP contribution is -2.43. The van der Waals surface area contributed by atoms with Gasteiger partial charge in [-0.05, 0) is 45.4 Å². The predicted octanol–water partition coefficient (Wildman–Crippen LogP) is 2.05. The SMILES string of the molecule is CC1(C(=O)O)CCN(c2ncnc3c2CCCC3)CC1. The second-order valence-electron chi connectivity index (χ2n) is 6.18. The van der Waals surface area contributed by atoms with E-state index in [0.717, 1.165) is 31.7 Å². The average Bonchev–Trinajstić information content (AvgIpc) is 2.47. The summed E-state index contributed by atoms with van der Waals surface area (Å²) in [5.41, 5.74) is 1.90. The van der Waals surface area contributed by atoms with Gasteiger partial charge in [-0.1, -0.05) is 0 Å². The Morgan fingerprint density at radius 2 is 1.95 bits per heavy atom. The average molecular weight is 275 g/mol. The number of nitrogens with zero attached hydrogens (tertiary/aromatic N) is 3. The van der Waals surface area contributed by atoms with Gasteiger partial charge < -0.3 is 10.0 Å². The summed E-state index contributed by atoms with van der Waals surface area (Å²) in [6, 6.07) is 0. The smallest absolute Gasteiger partial charge is 0.309 e. The summed E-state index contributed by atoms with van der Waals surface area (Å²) in [6.45, 7) is 3.39. The van der Waals surface area contributed by atoms with Crippen LogP contribution in [0.25, 0.3) is 0 Å². The van der Waals surface area contributed by atoms with Crippen molar-refractivity contribution < 1.29 is 9.90 Å². The van der Waals surface area contributed by atoms with Gasteiger partial charge in [0.2, 0.25) is 0 Å². The molecule has 2 aliphatic rings. The fraction of sp³-hybridized carbons (Fsp3) is 0.667. The number of aliphatic carboxylic acids is 1. The number of hydrogen-bond donors (Lipinski definition) is 1. The van der Waals surface area contributed by atoms with Crippen molar-refractivity contribution in [2.45, 2.75) is 45.4 Å². The van der Waals surface area contributed by atoms with Crippen molar-refractivity contribution in [2.24, 2.45) is 5.41 Å². The molecule has 1 aromatic heterocycles. The van der Waals surface area contributed by atoms with Crippen LogP contribution in [0.15, 0.2) is 6.33 Å². The molecule has 1 aliphatic heterocycles. The Labute approximate surface area is 119 Å². The van der Waals surface area contributed by atoms with E-state index < -0.39 is 11.4 Å². The highest BCUT2D eigenvalue weighted by molar-refractivity contribution is 5.74. The highest BCUT2D eigenvalue weighted by Crippen LogP contribution is 2.35. The van der Waals surface area contributed by atoms with Crippen LogP contribution in [0, 0.1) is 5.41 Å². The van der Waals surface area contributed by atoms with Gasteiger partial charge >= 0.3 is 5.97 Å². The second-order valence-corrected chi connectivity index (χ2v) is 6.18. The molecule has 1 N–H and O–H groups in total. The summed E-state index contributed by atoms with van der Waals surface area (Å²) in [6.07, 6.45) is 7.53. The number of fused-ring (bicyclic) bond motifs is 1. The Morgan fingerprint density at radius 3 is 2.65 bits per heavy atom. The van der Waals surface area contributed by atoms with Gasteiger partial charge in [0.25, 0.3) is 0 Å². The van der Waals surface area contributed by atoms with Crippen LogP contribution in [-0.4, -0.2) is 34.1 Å². The summed E-state index contributed by atoms with van der Waals surface area (Å²) in [5, 5.41) is 9.30. The minimum Gasteiger partial charge on any atom is -0.481 e. The first-order valence-corrected chi connectivity index (χ1v) is 7.41. The number of anilines is 1. The standard InChI is InChI=1S/C15H21N3O2/c1-15(14(19)20)6-8-18(9-7-15)13-11-4-2-3-5-12(11)16-10-17-13/h10H,2-9H2,1H3,(H,19,20). The lowest BCUT2D eigenvalue weighted by molar-refractivity contribution is -0.149. The van der Waals surface area contributed by atoms with Crippen LogP contribution in [0.5, 0.6) is 0 Å². The number of carboxylic acids is 1. The van der Waals surface area contributed by atoms with E-state index >= 15 is 0 Å². The predicted molar refractivity (Wildman–Crippen MR) is 75.9 cm³/mol. The first kappa shape index (κ1) is 13.3. The molecule has 1 saturated heterocycles. The number of carbonyl (C=O) groups is 1. The third-order valence-electron chi connectivity index (χ3n) is 4.79. The first-order chi connectivity index (χ1) is 9.60. The van der Waals surface area contributed by atoms with Crippen molar-refractivity contribution in [3.05, 3.63) is 17.6 Å². The quantitative estimate of drug-likeness (QED) is 0.894. The van der Waals surface area contributed by atoms with Crippen LogP contribution in [-0.2, 0) is 17.6 Å². The second kappa shape index (κ2) is 5.04. The Hall–Kier alpha value is -1.65. The van der Waals surface area contributed by atoms with Crippen molar-refractivity contribution in [3.63, 3.8) is 0 Å². The topological polar surface area (TPSA) is 66.3 Å². The molecule has 1 fully saturated rings. The molecule has 5 nitrogen and oxygen atoms in total. The van der Waals surface area contributed by atoms with E-state index in [1.165, 1.54) is 24.1 Å². The molecular formula is C15H21N3O2. The number of piperidine rings is 1. The van der Waals surface area contributed by atoms with Gasteiger partial charge in [0.15, 0.2) is 0 Å². The largest absolute Gasteiger partial charge is 0.481 e. The van der Waals surface area contributed by atoms with Crippen molar-refractivity contribution in [1.29, 1.82) is 0 Å². The first-order valence-electron chi connectivity index (χ1n) is 7.41. The molecule has 0 amide bonds. The van der Waals surface area contributed by atoms with Gasteiger partial charge in [0.1, 0.15) is 12.1 Å². The highest BCUT2D eigenvalue weighted by Gasteiger charge is 2.37. The summed E-state index contributed by atoms with van der Waals surface area (Å²) in [4.78, 5) is 22.4. The van der Waals surface area contributed by atoms with Crippen molar-refractivity contribution in [1.82, 2.24) is 9.97 Å². The molecular weight excluding hydrogens is 254 g/mol. The Morgan fingerprint density at radius 1 is 1.25 bits per heavy atom. The van der Waals surface area contributed by atoms with Crippen molar-refractivity contribution in [2.75, 3.05) is 18.0 Å². The molecule has 0 aromatic carbocycles. The van der Waals surface area contributed by atoms with E-state index in [4.69, 9.17) is 0 Å². The molecule has 5 heteroatoms. The molecule has 20 heavy (non-hydrogen) atoms. The van der Waals surface area contributed by atoms with E-state index in [0.29, 0.717) is 12.8 Å². The summed E-state index contributed by atoms with van der Waals surface area (Å²) in [7, 11) is 0. The van der Waals surface area contributed by atoms with Crippen molar-refractivity contribution in [3.8, 4) is 0 Å². The molecule has 0 atom stereocenters. The minimum absolute atomic E-state index is 0.580. The van der Waals surface area contributed by atoms with E-state index in [2.05, 4.69) is 14.9 Å². The molecule has 108 valence electrons. The fourth-order valence-electron chi connectivity index (χ4n) is 3.20. The van der Waals surface area contributed by atoms with Crippen LogP contribution >= 0.6 is 0 Å². The Bertz CT molecular complexity index is 522. The molecule has 1 aliphatic carbocycles. The number of hydrogen-bond acceptors (Lipinski definition) is 4. The Kier molecular flexibility index (Phi) is 3.36. The molecule has 0 saturated carbocycles. The summed E-state index contributed by atoms with van der Waals surface area (Å²) < 4.78 is 0. The summed E-state index contributed by atoms with van der Waals surface area (Å²) >= 11 is 0. The van der Waals surface area contributed by atoms with Gasteiger partial charge in [0.05, 0.1) is 5.41 Å². The van der Waals surface area contributed by atoms with Gasteiger partial charge in [-0.15, -0.1) is 0 Å². The fourth-order valence-corrected chi connectivity index (χ4v) is 3.20. The van der Waals surface area contributed by atoms with Gasteiger partial charge in [-0.25, -0.2) is 9.97 Å². The maximum absolute atomic E-state index is 11.3. The number of aryl methyl sites for hydroxylation is 1. The lowest BCUT2D eigenvalue weighted by atomic mass is 9.80. The van der Waals surface area contributed by atoms with Crippen LogP contribution in [0.1, 0.15) is 43.9 Å². The molecule has 0 unspecified atom stereocenters. The van der Waals surface area contributed by atoms with Crippen molar-refractivity contribution >= 4 is 11.8 Å². The zero-order valence-corrected chi connectivity index (χ0v) is 11.9. The normalized spacial score (nSPS) is 21.4. The molecule has 0 radical (unpaired) electrons. The zero-order valence-electron chi connectivity index (χ0n) is 11.9. The molecule has 2 heterocycles. The van der Waals surface area contributed by atoms with E-state index in [1.807, 2.05) is 6.92 Å². The van der Waals surface area contributed by atoms with Crippen LogP contribution in [0.2, 0.25) is 0 Å². The van der Waals surface area contributed by atoms with Gasteiger partial charge in [-0.2, -0.15) is 0 Å². The van der Waals surface area contributed by atoms with Gasteiger partial charge in [-0.3, -0.25) is 4.79 Å². The maximum atomic E-state index is 11.3. The van der Waals surface area contributed by atoms with E-state index in [1.54, 1.807) is 6.33 Å². The molecule has 0 spiro atoms. The zero-order chi connectivity index (χ0) is 14.2. The van der Waals surface area contributed by atoms with Crippen LogP contribution < -0.4 is 4.90 Å². The highest BCUT2D eigenvalue weighted by atomic mass is 16.4. The molecule has 1 aromatic rings. The maximum Gasteiger partial charge on any atom is 0.309 e. The number of rotatable bonds is 2. The van der Waals surface area contributed by atoms with Crippen LogP contribution in [0.4, 0.5) is 5.82 Å². The third-order valence-corrected chi connectivity index (χ3v) is 4.79. The van der Waals surface area contributed by atoms with E-state index in [9.17, 15) is 9.90 Å². The van der Waals surface area contributed by atoms with Gasteiger partial charge in [0, 0.05) is 24.3 Å². The summed E-state index contributed by atoms with van der Waals surface area (Å²) in [5.74, 6) is 0.365. The minimum atomic E-state index is -0.679. The lowest BCUT2D eigenvalue weighted by Gasteiger charge is -2.38. The molecule has 3 rings (SSSR count). The van der Waals surface area contributed by atoms with Crippen LogP contribution in [0.3, 0.4) is 0 Å².